The van der Waals surface area contributed by atoms with Crippen molar-refractivity contribution in [2.24, 2.45) is 0 Å². The average Bonchev–Trinajstić information content (AvgIpc) is 3.27. The Bertz CT molecular complexity index is 796. The lowest BCUT2D eigenvalue weighted by molar-refractivity contribution is -0.113. The van der Waals surface area contributed by atoms with Crippen molar-refractivity contribution in [3.05, 3.63) is 28.7 Å². The van der Waals surface area contributed by atoms with E-state index in [4.69, 9.17) is 14.3 Å². The van der Waals surface area contributed by atoms with Gasteiger partial charge in [0.2, 0.25) is 16.8 Å². The van der Waals surface area contributed by atoms with Gasteiger partial charge >= 0.3 is 5.97 Å². The van der Waals surface area contributed by atoms with Crippen molar-refractivity contribution in [1.29, 1.82) is 0 Å². The fourth-order valence-corrected chi connectivity index (χ4v) is 4.05. The van der Waals surface area contributed by atoms with E-state index in [0.29, 0.717) is 16.7 Å². The predicted molar refractivity (Wildman–Crippen MR) is 88.8 cm³/mol. The Morgan fingerprint density at radius 3 is 2.92 bits per heavy atom. The van der Waals surface area contributed by atoms with Crippen LogP contribution in [0.1, 0.15) is 40.3 Å². The van der Waals surface area contributed by atoms with Crippen LogP contribution in [0.4, 0.5) is 5.13 Å². The van der Waals surface area contributed by atoms with Crippen molar-refractivity contribution < 1.29 is 28.1 Å². The Balaban J connectivity index is 1.49. The first-order valence-corrected chi connectivity index (χ1v) is 9.73. The zero-order valence-corrected chi connectivity index (χ0v) is 14.6. The van der Waals surface area contributed by atoms with Gasteiger partial charge in [-0.25, -0.2) is 4.79 Å². The number of aromatic carboxylic acids is 1. The van der Waals surface area contributed by atoms with Crippen LogP contribution in [0.15, 0.2) is 16.5 Å². The van der Waals surface area contributed by atoms with E-state index in [1.807, 2.05) is 0 Å². The summed E-state index contributed by atoms with van der Waals surface area (Å²) in [6, 6.07) is 2.71. The maximum atomic E-state index is 12.0. The van der Waals surface area contributed by atoms with Crippen LogP contribution >= 0.6 is 11.3 Å². The van der Waals surface area contributed by atoms with Gasteiger partial charge in [-0.05, 0) is 25.0 Å². The quantitative estimate of drug-likeness (QED) is 0.734. The van der Waals surface area contributed by atoms with Crippen LogP contribution in [0.3, 0.4) is 0 Å². The van der Waals surface area contributed by atoms with E-state index in [-0.39, 0.29) is 29.1 Å². The van der Waals surface area contributed by atoms with Gasteiger partial charge in [0.25, 0.3) is 0 Å². The first-order valence-electron chi connectivity index (χ1n) is 7.43. The van der Waals surface area contributed by atoms with E-state index in [2.05, 4.69) is 15.5 Å². The van der Waals surface area contributed by atoms with Gasteiger partial charge in [-0.15, -0.1) is 10.2 Å². The molecule has 2 atom stereocenters. The zero-order chi connectivity index (χ0) is 17.8. The van der Waals surface area contributed by atoms with Crippen molar-refractivity contribution in [2.45, 2.75) is 24.7 Å². The molecular formula is C14H15N3O6S2. The van der Waals surface area contributed by atoms with Crippen LogP contribution in [-0.2, 0) is 26.1 Å². The number of nitrogens with one attached hydrogen (secondary N) is 1. The highest BCUT2D eigenvalue weighted by Crippen LogP contribution is 2.31. The molecule has 0 bridgehead atoms. The third-order valence-electron chi connectivity index (χ3n) is 3.36. The first-order chi connectivity index (χ1) is 12.0. The highest BCUT2D eigenvalue weighted by atomic mass is 32.2. The van der Waals surface area contributed by atoms with Gasteiger partial charge < -0.3 is 14.3 Å². The number of amides is 1. The highest BCUT2D eigenvalue weighted by Gasteiger charge is 2.22. The molecule has 1 fully saturated rings. The van der Waals surface area contributed by atoms with Crippen LogP contribution < -0.4 is 5.32 Å². The number of carboxylic acid groups (broad SMARTS) is 1. The summed E-state index contributed by atoms with van der Waals surface area (Å²) in [6.07, 6.45) is 1.79. The number of hydrogen-bond donors (Lipinski definition) is 2. The van der Waals surface area contributed by atoms with E-state index in [9.17, 15) is 13.8 Å². The third-order valence-corrected chi connectivity index (χ3v) is 5.48. The second-order valence-corrected chi connectivity index (χ2v) is 7.76. The standard InChI is InChI=1S/C14H15N3O6S2/c18-11(7-25(21)6-8-3-4-10(23-8)13(19)20)15-14-17-16-12(24-14)9-2-1-5-22-9/h3-4,9H,1-2,5-7H2,(H,19,20)(H,15,17,18). The SMILES string of the molecule is O=C(CS(=O)Cc1ccc(C(=O)O)o1)Nc1nnc(C2CCCO2)s1. The Labute approximate surface area is 148 Å². The summed E-state index contributed by atoms with van der Waals surface area (Å²) in [5.74, 6) is -1.94. The average molecular weight is 385 g/mol. The Morgan fingerprint density at radius 1 is 1.40 bits per heavy atom. The minimum absolute atomic E-state index is 0.0437. The van der Waals surface area contributed by atoms with E-state index in [1.165, 1.54) is 23.5 Å². The molecule has 2 aromatic heterocycles. The van der Waals surface area contributed by atoms with Gasteiger partial charge in [0.15, 0.2) is 0 Å². The summed E-state index contributed by atoms with van der Waals surface area (Å²) in [5.41, 5.74) is 0. The molecule has 11 heteroatoms. The topological polar surface area (TPSA) is 132 Å². The molecule has 25 heavy (non-hydrogen) atoms. The lowest BCUT2D eigenvalue weighted by Gasteiger charge is -2.02. The number of aromatic nitrogens is 2. The van der Waals surface area contributed by atoms with E-state index in [0.717, 1.165) is 12.8 Å². The van der Waals surface area contributed by atoms with E-state index < -0.39 is 22.7 Å². The van der Waals surface area contributed by atoms with Crippen LogP contribution in [-0.4, -0.2) is 43.7 Å². The molecule has 0 aromatic carbocycles. The van der Waals surface area contributed by atoms with Crippen molar-refractivity contribution in [3.8, 4) is 0 Å². The molecule has 2 aromatic rings. The summed E-state index contributed by atoms with van der Waals surface area (Å²) < 4.78 is 22.5. The molecule has 2 unspecified atom stereocenters. The minimum Gasteiger partial charge on any atom is -0.475 e. The number of carboxylic acids is 1. The summed E-state index contributed by atoms with van der Waals surface area (Å²) in [7, 11) is -1.54. The fourth-order valence-electron chi connectivity index (χ4n) is 2.27. The van der Waals surface area contributed by atoms with Crippen LogP contribution in [0.2, 0.25) is 0 Å². The van der Waals surface area contributed by atoms with Gasteiger partial charge in [-0.2, -0.15) is 0 Å². The second kappa shape index (κ2) is 7.85. The van der Waals surface area contributed by atoms with Crippen molar-refractivity contribution in [1.82, 2.24) is 10.2 Å². The van der Waals surface area contributed by atoms with Gasteiger partial charge in [0, 0.05) is 17.4 Å². The molecule has 1 aliphatic rings. The molecule has 0 saturated carbocycles. The summed E-state index contributed by atoms with van der Waals surface area (Å²) in [5, 5.41) is 20.3. The summed E-state index contributed by atoms with van der Waals surface area (Å²) >= 11 is 1.23. The van der Waals surface area contributed by atoms with Crippen LogP contribution in [0.25, 0.3) is 0 Å². The first kappa shape index (κ1) is 17.7. The largest absolute Gasteiger partial charge is 0.475 e. The van der Waals surface area contributed by atoms with Crippen LogP contribution in [0.5, 0.6) is 0 Å². The molecule has 0 aliphatic carbocycles. The van der Waals surface area contributed by atoms with Gasteiger partial charge in [-0.3, -0.25) is 14.3 Å². The molecule has 0 radical (unpaired) electrons. The number of carbonyl (C=O) groups excluding carboxylic acids is 1. The lowest BCUT2D eigenvalue weighted by atomic mass is 10.2. The molecule has 134 valence electrons. The van der Waals surface area contributed by atoms with Gasteiger partial charge in [0.05, 0.1) is 5.75 Å². The third kappa shape index (κ3) is 4.71. The number of carbonyl (C=O) groups is 2. The Hall–Kier alpha value is -2.11. The Morgan fingerprint density at radius 2 is 2.24 bits per heavy atom. The normalized spacial score (nSPS) is 18.2. The number of anilines is 1. The molecule has 2 N–H and O–H groups in total. The summed E-state index contributed by atoms with van der Waals surface area (Å²) in [4.78, 5) is 22.7. The molecule has 3 rings (SSSR count). The monoisotopic (exact) mass is 385 g/mol. The number of hydrogen-bond acceptors (Lipinski definition) is 8. The molecule has 9 nitrogen and oxygen atoms in total. The van der Waals surface area contributed by atoms with E-state index in [1.54, 1.807) is 0 Å². The van der Waals surface area contributed by atoms with Crippen molar-refractivity contribution >= 4 is 39.1 Å². The number of nitrogens with zero attached hydrogens (tertiary/aromatic N) is 2. The Kier molecular flexibility index (Phi) is 5.56. The maximum Gasteiger partial charge on any atom is 0.371 e. The predicted octanol–water partition coefficient (Wildman–Crippen LogP) is 1.57. The highest BCUT2D eigenvalue weighted by molar-refractivity contribution is 7.84. The maximum absolute atomic E-state index is 12.0. The van der Waals surface area contributed by atoms with E-state index >= 15 is 0 Å². The number of ether oxygens (including phenoxy) is 1. The van der Waals surface area contributed by atoms with Gasteiger partial charge in [-0.1, -0.05) is 11.3 Å². The van der Waals surface area contributed by atoms with Crippen LogP contribution in [0, 0.1) is 0 Å². The molecule has 0 spiro atoms. The van der Waals surface area contributed by atoms with Crippen molar-refractivity contribution in [2.75, 3.05) is 17.7 Å². The number of rotatable bonds is 7. The molecule has 1 saturated heterocycles. The second-order valence-electron chi connectivity index (χ2n) is 5.29. The lowest BCUT2D eigenvalue weighted by Crippen LogP contribution is -2.20. The summed E-state index contributed by atoms with van der Waals surface area (Å²) in [6.45, 7) is 0.696. The fraction of sp³-hybridized carbons (Fsp3) is 0.429. The van der Waals surface area contributed by atoms with Gasteiger partial charge in [0.1, 0.15) is 22.6 Å². The zero-order valence-electron chi connectivity index (χ0n) is 13.0. The minimum atomic E-state index is -1.54. The molecular weight excluding hydrogens is 370 g/mol. The molecule has 3 heterocycles. The molecule has 1 amide bonds. The molecule has 1 aliphatic heterocycles. The smallest absolute Gasteiger partial charge is 0.371 e. The van der Waals surface area contributed by atoms with Crippen molar-refractivity contribution in [3.63, 3.8) is 0 Å². The number of furan rings is 1.